The minimum atomic E-state index is -0.359. The quantitative estimate of drug-likeness (QED) is 0.709. The summed E-state index contributed by atoms with van der Waals surface area (Å²) in [5, 5.41) is 19.8. The van der Waals surface area contributed by atoms with Crippen molar-refractivity contribution in [2.75, 3.05) is 18.5 Å². The van der Waals surface area contributed by atoms with Crippen molar-refractivity contribution < 1.29 is 9.90 Å². The van der Waals surface area contributed by atoms with Gasteiger partial charge in [-0.1, -0.05) is 0 Å². The Labute approximate surface area is 87.5 Å². The van der Waals surface area contributed by atoms with E-state index in [1.165, 1.54) is 17.0 Å². The zero-order chi connectivity index (χ0) is 11.3. The minimum absolute atomic E-state index is 0.0265. The number of aromatic hydroxyl groups is 1. The number of hydrogen-bond donors (Lipinski definition) is 2. The molecule has 5 heteroatoms. The second kappa shape index (κ2) is 4.86. The highest BCUT2D eigenvalue weighted by molar-refractivity contribution is 5.91. The van der Waals surface area contributed by atoms with E-state index in [0.717, 1.165) is 0 Å². The van der Waals surface area contributed by atoms with E-state index in [4.69, 9.17) is 10.4 Å². The lowest BCUT2D eigenvalue weighted by atomic mass is 10.3. The van der Waals surface area contributed by atoms with Crippen LogP contribution >= 0.6 is 0 Å². The van der Waals surface area contributed by atoms with E-state index in [9.17, 15) is 4.79 Å². The number of benzene rings is 1. The molecule has 0 heterocycles. The molecule has 15 heavy (non-hydrogen) atoms. The lowest BCUT2D eigenvalue weighted by Crippen LogP contribution is -2.37. The van der Waals surface area contributed by atoms with Crippen molar-refractivity contribution in [3.05, 3.63) is 24.3 Å². The Kier molecular flexibility index (Phi) is 3.52. The molecule has 0 unspecified atom stereocenters. The van der Waals surface area contributed by atoms with E-state index in [2.05, 4.69) is 5.32 Å². The number of anilines is 1. The van der Waals surface area contributed by atoms with E-state index in [1.54, 1.807) is 19.2 Å². The number of carbonyl (C=O) groups is 1. The molecule has 0 aliphatic carbocycles. The van der Waals surface area contributed by atoms with Crippen molar-refractivity contribution >= 4 is 11.7 Å². The highest BCUT2D eigenvalue weighted by atomic mass is 16.3. The lowest BCUT2D eigenvalue weighted by Gasteiger charge is -2.16. The molecular weight excluding hydrogens is 194 g/mol. The first-order valence-corrected chi connectivity index (χ1v) is 4.32. The minimum Gasteiger partial charge on any atom is -0.508 e. The largest absolute Gasteiger partial charge is 0.508 e. The highest BCUT2D eigenvalue weighted by Crippen LogP contribution is 2.16. The van der Waals surface area contributed by atoms with E-state index in [0.29, 0.717) is 5.69 Å². The second-order valence-electron chi connectivity index (χ2n) is 2.89. The number of rotatable bonds is 2. The van der Waals surface area contributed by atoms with Crippen LogP contribution in [0.25, 0.3) is 0 Å². The molecule has 1 aromatic carbocycles. The summed E-state index contributed by atoms with van der Waals surface area (Å²) in [4.78, 5) is 12.7. The van der Waals surface area contributed by atoms with Gasteiger partial charge in [-0.25, -0.2) is 4.79 Å². The number of phenolic OH excluding ortho intramolecular Hbond substituents is 1. The fourth-order valence-corrected chi connectivity index (χ4v) is 1.03. The third-order valence-corrected chi connectivity index (χ3v) is 1.86. The van der Waals surface area contributed by atoms with Crippen LogP contribution in [-0.4, -0.2) is 24.7 Å². The van der Waals surface area contributed by atoms with Crippen LogP contribution in [0.4, 0.5) is 10.5 Å². The van der Waals surface area contributed by atoms with Gasteiger partial charge in [0.1, 0.15) is 12.3 Å². The number of carbonyl (C=O) groups excluding carboxylic acids is 1. The Morgan fingerprint density at radius 2 is 2.13 bits per heavy atom. The van der Waals surface area contributed by atoms with Crippen LogP contribution in [0.2, 0.25) is 0 Å². The van der Waals surface area contributed by atoms with Crippen LogP contribution in [0, 0.1) is 11.3 Å². The number of phenols is 1. The Hall–Kier alpha value is -2.22. The topological polar surface area (TPSA) is 76.4 Å². The van der Waals surface area contributed by atoms with Crippen LogP contribution < -0.4 is 10.2 Å². The predicted octanol–water partition coefficient (Wildman–Crippen LogP) is 1.06. The highest BCUT2D eigenvalue weighted by Gasteiger charge is 2.09. The summed E-state index contributed by atoms with van der Waals surface area (Å²) in [6, 6.07) is 7.66. The first kappa shape index (κ1) is 10.9. The van der Waals surface area contributed by atoms with Crippen LogP contribution in [0.15, 0.2) is 24.3 Å². The maximum Gasteiger partial charge on any atom is 0.322 e. The van der Waals surface area contributed by atoms with Crippen molar-refractivity contribution in [1.82, 2.24) is 5.32 Å². The van der Waals surface area contributed by atoms with Crippen molar-refractivity contribution in [3.63, 3.8) is 0 Å². The Bertz CT molecular complexity index is 381. The summed E-state index contributed by atoms with van der Waals surface area (Å²) < 4.78 is 0. The van der Waals surface area contributed by atoms with Gasteiger partial charge in [-0.05, 0) is 24.3 Å². The SMILES string of the molecule is CN(C(=O)NCC#N)c1ccc(O)cc1. The monoisotopic (exact) mass is 205 g/mol. The first-order chi connectivity index (χ1) is 7.15. The first-order valence-electron chi connectivity index (χ1n) is 4.32. The van der Waals surface area contributed by atoms with Crippen LogP contribution in [0.1, 0.15) is 0 Å². The van der Waals surface area contributed by atoms with E-state index < -0.39 is 0 Å². The van der Waals surface area contributed by atoms with Gasteiger partial charge < -0.3 is 10.4 Å². The predicted molar refractivity (Wildman–Crippen MR) is 55.5 cm³/mol. The molecule has 0 aliphatic rings. The molecule has 0 aliphatic heterocycles. The van der Waals surface area contributed by atoms with Crippen LogP contribution in [-0.2, 0) is 0 Å². The van der Waals surface area contributed by atoms with Gasteiger partial charge in [0.2, 0.25) is 0 Å². The summed E-state index contributed by atoms with van der Waals surface area (Å²) >= 11 is 0. The summed E-state index contributed by atoms with van der Waals surface area (Å²) in [5.74, 6) is 0.143. The summed E-state index contributed by atoms with van der Waals surface area (Å²) in [7, 11) is 1.58. The summed E-state index contributed by atoms with van der Waals surface area (Å²) in [5.41, 5.74) is 0.642. The van der Waals surface area contributed by atoms with Gasteiger partial charge in [0.05, 0.1) is 6.07 Å². The molecule has 0 fully saturated rings. The van der Waals surface area contributed by atoms with Crippen molar-refractivity contribution in [2.45, 2.75) is 0 Å². The van der Waals surface area contributed by atoms with Gasteiger partial charge in [0.15, 0.2) is 0 Å². The average Bonchev–Trinajstić information content (AvgIpc) is 2.26. The fourth-order valence-electron chi connectivity index (χ4n) is 1.03. The molecule has 1 aromatic rings. The number of amides is 2. The Morgan fingerprint density at radius 1 is 1.53 bits per heavy atom. The number of urea groups is 1. The number of hydrogen-bond acceptors (Lipinski definition) is 3. The number of nitrogens with zero attached hydrogens (tertiary/aromatic N) is 2. The van der Waals surface area contributed by atoms with Gasteiger partial charge in [-0.3, -0.25) is 4.90 Å². The van der Waals surface area contributed by atoms with Crippen molar-refractivity contribution in [1.29, 1.82) is 5.26 Å². The molecule has 0 bridgehead atoms. The Balaban J connectivity index is 2.68. The molecule has 1 rings (SSSR count). The number of nitriles is 1. The zero-order valence-corrected chi connectivity index (χ0v) is 8.27. The van der Waals surface area contributed by atoms with Crippen LogP contribution in [0.3, 0.4) is 0 Å². The molecule has 0 saturated carbocycles. The van der Waals surface area contributed by atoms with E-state index in [-0.39, 0.29) is 18.3 Å². The molecule has 0 spiro atoms. The molecule has 0 aromatic heterocycles. The molecule has 2 amide bonds. The van der Waals surface area contributed by atoms with Crippen molar-refractivity contribution in [3.8, 4) is 11.8 Å². The lowest BCUT2D eigenvalue weighted by molar-refractivity contribution is 0.248. The number of nitrogens with one attached hydrogen (secondary N) is 1. The molecule has 5 nitrogen and oxygen atoms in total. The zero-order valence-electron chi connectivity index (χ0n) is 8.27. The van der Waals surface area contributed by atoms with Gasteiger partial charge in [-0.15, -0.1) is 0 Å². The maximum atomic E-state index is 11.4. The summed E-state index contributed by atoms with van der Waals surface area (Å²) in [6.45, 7) is -0.0265. The fraction of sp³-hybridized carbons (Fsp3) is 0.200. The van der Waals surface area contributed by atoms with Crippen LogP contribution in [0.5, 0.6) is 5.75 Å². The smallest absolute Gasteiger partial charge is 0.322 e. The van der Waals surface area contributed by atoms with Crippen molar-refractivity contribution in [2.24, 2.45) is 0 Å². The maximum absolute atomic E-state index is 11.4. The molecule has 0 saturated heterocycles. The average molecular weight is 205 g/mol. The molecule has 0 atom stereocenters. The molecule has 0 radical (unpaired) electrons. The van der Waals surface area contributed by atoms with Gasteiger partial charge >= 0.3 is 6.03 Å². The van der Waals surface area contributed by atoms with Gasteiger partial charge in [-0.2, -0.15) is 5.26 Å². The second-order valence-corrected chi connectivity index (χ2v) is 2.89. The third-order valence-electron chi connectivity index (χ3n) is 1.86. The summed E-state index contributed by atoms with van der Waals surface area (Å²) in [6.07, 6.45) is 0. The molecule has 78 valence electrons. The molecular formula is C10H11N3O2. The van der Waals surface area contributed by atoms with E-state index in [1.807, 2.05) is 6.07 Å². The Morgan fingerprint density at radius 3 is 2.67 bits per heavy atom. The van der Waals surface area contributed by atoms with E-state index >= 15 is 0 Å². The molecule has 2 N–H and O–H groups in total. The normalized spacial score (nSPS) is 9.07. The van der Waals surface area contributed by atoms with Gasteiger partial charge in [0.25, 0.3) is 0 Å². The standard InChI is InChI=1S/C10H11N3O2/c1-13(10(15)12-7-6-11)8-2-4-9(14)5-3-8/h2-5,14H,7H2,1H3,(H,12,15). The third kappa shape index (κ3) is 2.88. The van der Waals surface area contributed by atoms with Gasteiger partial charge in [0, 0.05) is 12.7 Å².